The van der Waals surface area contributed by atoms with Crippen molar-refractivity contribution in [3.63, 3.8) is 0 Å². The van der Waals surface area contributed by atoms with E-state index in [1.807, 2.05) is 11.8 Å². The predicted octanol–water partition coefficient (Wildman–Crippen LogP) is 1.68. The van der Waals surface area contributed by atoms with E-state index in [1.54, 1.807) is 12.1 Å². The van der Waals surface area contributed by atoms with E-state index in [9.17, 15) is 14.3 Å². The molecule has 1 amide bonds. The van der Waals surface area contributed by atoms with Gasteiger partial charge in [0.05, 0.1) is 13.2 Å². The zero-order valence-corrected chi connectivity index (χ0v) is 14.5. The van der Waals surface area contributed by atoms with Crippen molar-refractivity contribution in [1.82, 2.24) is 9.80 Å². The molecule has 0 bridgehead atoms. The molecule has 0 radical (unpaired) electrons. The summed E-state index contributed by atoms with van der Waals surface area (Å²) in [6, 6.07) is 4.81. The Morgan fingerprint density at radius 3 is 2.62 bits per heavy atom. The summed E-state index contributed by atoms with van der Waals surface area (Å²) in [7, 11) is 1.43. The molecule has 0 saturated carbocycles. The molecule has 0 aromatic heterocycles. The van der Waals surface area contributed by atoms with Gasteiger partial charge in [0.15, 0.2) is 11.6 Å². The second-order valence-electron chi connectivity index (χ2n) is 6.21. The fourth-order valence-corrected chi connectivity index (χ4v) is 2.88. The number of ether oxygens (including phenoxy) is 1. The summed E-state index contributed by atoms with van der Waals surface area (Å²) >= 11 is 0. The average molecular weight is 338 g/mol. The molecule has 1 atom stereocenters. The maximum atomic E-state index is 13.7. The Kier molecular flexibility index (Phi) is 6.99. The van der Waals surface area contributed by atoms with E-state index >= 15 is 0 Å². The molecule has 5 nitrogen and oxygen atoms in total. The van der Waals surface area contributed by atoms with E-state index in [1.165, 1.54) is 13.2 Å². The van der Waals surface area contributed by atoms with Crippen LogP contribution in [0, 0.1) is 5.82 Å². The van der Waals surface area contributed by atoms with E-state index in [2.05, 4.69) is 4.90 Å². The van der Waals surface area contributed by atoms with Crippen molar-refractivity contribution in [3.8, 4) is 5.75 Å². The number of amides is 1. The van der Waals surface area contributed by atoms with Crippen LogP contribution in [0.3, 0.4) is 0 Å². The molecule has 6 heteroatoms. The van der Waals surface area contributed by atoms with Crippen LogP contribution in [-0.2, 0) is 11.2 Å². The molecule has 0 unspecified atom stereocenters. The summed E-state index contributed by atoms with van der Waals surface area (Å²) in [6.45, 7) is 5.59. The first kappa shape index (κ1) is 18.7. The predicted molar refractivity (Wildman–Crippen MR) is 90.6 cm³/mol. The van der Waals surface area contributed by atoms with E-state index in [0.29, 0.717) is 32.5 Å². The van der Waals surface area contributed by atoms with E-state index < -0.39 is 5.82 Å². The number of halogens is 1. The van der Waals surface area contributed by atoms with Crippen LogP contribution in [0.1, 0.15) is 25.3 Å². The molecular formula is C18H27FN2O3. The van der Waals surface area contributed by atoms with Gasteiger partial charge in [-0.1, -0.05) is 13.0 Å². The smallest absolute Gasteiger partial charge is 0.222 e. The molecule has 0 spiro atoms. The van der Waals surface area contributed by atoms with Crippen molar-refractivity contribution in [1.29, 1.82) is 0 Å². The van der Waals surface area contributed by atoms with Gasteiger partial charge in [-0.2, -0.15) is 0 Å². The van der Waals surface area contributed by atoms with Crippen LogP contribution in [0.5, 0.6) is 5.75 Å². The standard InChI is InChI=1S/C18H27FN2O3/c1-3-15(22)13-20-8-10-21(11-9-20)18(23)7-5-14-4-6-17(24-2)16(19)12-14/h4,6,12,15,22H,3,5,7-11,13H2,1-2H3/t15-/m0/s1. The number of carbonyl (C=O) groups is 1. The summed E-state index contributed by atoms with van der Waals surface area (Å²) in [4.78, 5) is 16.4. The summed E-state index contributed by atoms with van der Waals surface area (Å²) in [5.74, 6) is -0.0806. The first-order valence-corrected chi connectivity index (χ1v) is 8.54. The highest BCUT2D eigenvalue weighted by molar-refractivity contribution is 5.76. The average Bonchev–Trinajstić information content (AvgIpc) is 2.60. The minimum absolute atomic E-state index is 0.0990. The Morgan fingerprint density at radius 1 is 1.33 bits per heavy atom. The largest absolute Gasteiger partial charge is 0.494 e. The van der Waals surface area contributed by atoms with Gasteiger partial charge in [-0.15, -0.1) is 0 Å². The highest BCUT2D eigenvalue weighted by Gasteiger charge is 2.22. The van der Waals surface area contributed by atoms with Crippen molar-refractivity contribution < 1.29 is 19.0 Å². The van der Waals surface area contributed by atoms with E-state index in [-0.39, 0.29) is 17.8 Å². The van der Waals surface area contributed by atoms with Gasteiger partial charge >= 0.3 is 0 Å². The lowest BCUT2D eigenvalue weighted by Crippen LogP contribution is -2.50. The first-order valence-electron chi connectivity index (χ1n) is 8.54. The molecule has 1 heterocycles. The SMILES string of the molecule is CC[C@H](O)CN1CCN(C(=O)CCc2ccc(OC)c(F)c2)CC1. The van der Waals surface area contributed by atoms with Gasteiger partial charge in [-0.25, -0.2) is 4.39 Å². The van der Waals surface area contributed by atoms with Crippen LogP contribution in [0.25, 0.3) is 0 Å². The number of β-amino-alcohol motifs (C(OH)–C–C–N with tert-alkyl or cyclic N) is 1. The second-order valence-corrected chi connectivity index (χ2v) is 6.21. The maximum absolute atomic E-state index is 13.7. The number of benzene rings is 1. The second kappa shape index (κ2) is 8.99. The molecule has 1 saturated heterocycles. The van der Waals surface area contributed by atoms with Crippen LogP contribution < -0.4 is 4.74 Å². The van der Waals surface area contributed by atoms with Gasteiger partial charge in [0.25, 0.3) is 0 Å². The van der Waals surface area contributed by atoms with Crippen LogP contribution in [0.15, 0.2) is 18.2 Å². The van der Waals surface area contributed by atoms with Gasteiger partial charge in [-0.05, 0) is 30.5 Å². The molecule has 2 rings (SSSR count). The Hall–Kier alpha value is -1.66. The van der Waals surface area contributed by atoms with Crippen LogP contribution >= 0.6 is 0 Å². The number of carbonyl (C=O) groups excluding carboxylic acids is 1. The minimum Gasteiger partial charge on any atom is -0.494 e. The Balaban J connectivity index is 1.76. The third-order valence-electron chi connectivity index (χ3n) is 4.51. The number of piperazine rings is 1. The first-order chi connectivity index (χ1) is 11.5. The van der Waals surface area contributed by atoms with E-state index in [4.69, 9.17) is 4.74 Å². The summed E-state index contributed by atoms with van der Waals surface area (Å²) in [6.07, 6.45) is 1.35. The Bertz CT molecular complexity index is 545. The fourth-order valence-electron chi connectivity index (χ4n) is 2.88. The number of rotatable bonds is 7. The van der Waals surface area contributed by atoms with Crippen LogP contribution in [-0.4, -0.2) is 66.8 Å². The quantitative estimate of drug-likeness (QED) is 0.822. The number of hydrogen-bond acceptors (Lipinski definition) is 4. The fraction of sp³-hybridized carbons (Fsp3) is 0.611. The van der Waals surface area contributed by atoms with Crippen LogP contribution in [0.4, 0.5) is 4.39 Å². The Morgan fingerprint density at radius 2 is 2.04 bits per heavy atom. The number of aliphatic hydroxyl groups is 1. The van der Waals surface area contributed by atoms with Crippen molar-refractivity contribution in [3.05, 3.63) is 29.6 Å². The molecule has 0 aliphatic carbocycles. The van der Waals surface area contributed by atoms with E-state index in [0.717, 1.165) is 25.1 Å². The number of methoxy groups -OCH3 is 1. The number of aliphatic hydroxyl groups excluding tert-OH is 1. The molecule has 1 aliphatic heterocycles. The molecule has 1 aromatic rings. The zero-order valence-electron chi connectivity index (χ0n) is 14.5. The van der Waals surface area contributed by atoms with Crippen molar-refractivity contribution >= 4 is 5.91 Å². The summed E-state index contributed by atoms with van der Waals surface area (Å²) < 4.78 is 18.6. The highest BCUT2D eigenvalue weighted by Crippen LogP contribution is 2.19. The van der Waals surface area contributed by atoms with Crippen LogP contribution in [0.2, 0.25) is 0 Å². The van der Waals surface area contributed by atoms with Gasteiger partial charge in [0.1, 0.15) is 0 Å². The number of hydrogen-bond donors (Lipinski definition) is 1. The van der Waals surface area contributed by atoms with Crippen molar-refractivity contribution in [2.75, 3.05) is 39.8 Å². The maximum Gasteiger partial charge on any atom is 0.222 e. The molecular weight excluding hydrogens is 311 g/mol. The molecule has 1 aliphatic rings. The topological polar surface area (TPSA) is 53.0 Å². The van der Waals surface area contributed by atoms with Gasteiger partial charge < -0.3 is 14.7 Å². The monoisotopic (exact) mass is 338 g/mol. The van der Waals surface area contributed by atoms with Gasteiger partial charge in [0.2, 0.25) is 5.91 Å². The zero-order chi connectivity index (χ0) is 17.5. The highest BCUT2D eigenvalue weighted by atomic mass is 19.1. The molecule has 1 fully saturated rings. The number of nitrogens with zero attached hydrogens (tertiary/aromatic N) is 2. The van der Waals surface area contributed by atoms with Crippen molar-refractivity contribution in [2.45, 2.75) is 32.3 Å². The third kappa shape index (κ3) is 5.18. The molecule has 1 N–H and O–H groups in total. The minimum atomic E-state index is -0.398. The lowest BCUT2D eigenvalue weighted by Gasteiger charge is -2.35. The lowest BCUT2D eigenvalue weighted by molar-refractivity contribution is -0.133. The summed E-state index contributed by atoms with van der Waals surface area (Å²) in [5, 5.41) is 9.69. The third-order valence-corrected chi connectivity index (χ3v) is 4.51. The van der Waals surface area contributed by atoms with Gasteiger partial charge in [-0.3, -0.25) is 9.69 Å². The van der Waals surface area contributed by atoms with Gasteiger partial charge in [0, 0.05) is 39.1 Å². The summed E-state index contributed by atoms with van der Waals surface area (Å²) in [5.41, 5.74) is 0.798. The number of aryl methyl sites for hydroxylation is 1. The normalized spacial score (nSPS) is 16.9. The Labute approximate surface area is 143 Å². The lowest BCUT2D eigenvalue weighted by atomic mass is 10.1. The molecule has 1 aromatic carbocycles. The molecule has 134 valence electrons. The van der Waals surface area contributed by atoms with Crippen molar-refractivity contribution in [2.24, 2.45) is 0 Å². The molecule has 24 heavy (non-hydrogen) atoms.